The zero-order valence-electron chi connectivity index (χ0n) is 17.9. The maximum atomic E-state index is 12.8. The van der Waals surface area contributed by atoms with E-state index in [2.05, 4.69) is 21.7 Å². The number of benzene rings is 2. The van der Waals surface area contributed by atoms with Gasteiger partial charge in [0.15, 0.2) is 0 Å². The predicted octanol–water partition coefficient (Wildman–Crippen LogP) is 4.95. The Labute approximate surface area is 195 Å². The van der Waals surface area contributed by atoms with Gasteiger partial charge in [0.25, 0.3) is 5.56 Å². The highest BCUT2D eigenvalue weighted by Crippen LogP contribution is 2.33. The Hall–Kier alpha value is -3.03. The SMILES string of the molecule is COc1ccc(-c2csc3c(=O)[nH]c(N4CCN(c5cc(Cl)ccc5C)CC4)nc23)cc1. The Kier molecular flexibility index (Phi) is 5.53. The van der Waals surface area contributed by atoms with E-state index in [0.717, 1.165) is 59.3 Å². The van der Waals surface area contributed by atoms with Crippen molar-refractivity contribution in [3.63, 3.8) is 0 Å². The molecule has 2 aromatic heterocycles. The minimum Gasteiger partial charge on any atom is -0.497 e. The third-order valence-corrected chi connectivity index (χ3v) is 7.11. The molecule has 6 nitrogen and oxygen atoms in total. The number of halogens is 1. The first-order valence-corrected chi connectivity index (χ1v) is 11.7. The van der Waals surface area contributed by atoms with Crippen LogP contribution in [0.2, 0.25) is 5.02 Å². The maximum absolute atomic E-state index is 12.8. The van der Waals surface area contributed by atoms with Crippen molar-refractivity contribution in [2.75, 3.05) is 43.1 Å². The van der Waals surface area contributed by atoms with Crippen molar-refractivity contribution in [1.82, 2.24) is 9.97 Å². The van der Waals surface area contributed by atoms with Crippen LogP contribution in [-0.2, 0) is 0 Å². The Morgan fingerprint density at radius 3 is 2.50 bits per heavy atom. The monoisotopic (exact) mass is 466 g/mol. The average Bonchev–Trinajstić information content (AvgIpc) is 3.25. The smallest absolute Gasteiger partial charge is 0.270 e. The number of nitrogens with one attached hydrogen (secondary N) is 1. The van der Waals surface area contributed by atoms with Gasteiger partial charge in [0.05, 0.1) is 12.6 Å². The molecule has 0 aliphatic carbocycles. The van der Waals surface area contributed by atoms with Crippen molar-refractivity contribution in [2.24, 2.45) is 0 Å². The number of fused-ring (bicyclic) bond motifs is 1. The zero-order chi connectivity index (χ0) is 22.2. The Balaban J connectivity index is 1.42. The van der Waals surface area contributed by atoms with Crippen LogP contribution in [0.3, 0.4) is 0 Å². The quantitative estimate of drug-likeness (QED) is 0.461. The van der Waals surface area contributed by atoms with E-state index in [-0.39, 0.29) is 5.56 Å². The molecule has 2 aromatic carbocycles. The fourth-order valence-electron chi connectivity index (χ4n) is 4.12. The highest BCUT2D eigenvalue weighted by molar-refractivity contribution is 7.17. The van der Waals surface area contributed by atoms with Gasteiger partial charge in [0, 0.05) is 47.8 Å². The van der Waals surface area contributed by atoms with Crippen molar-refractivity contribution in [3.8, 4) is 16.9 Å². The second kappa shape index (κ2) is 8.48. The van der Waals surface area contributed by atoms with Gasteiger partial charge in [-0.2, -0.15) is 0 Å². The topological polar surface area (TPSA) is 61.5 Å². The molecule has 1 aliphatic heterocycles. The zero-order valence-corrected chi connectivity index (χ0v) is 19.5. The number of aromatic nitrogens is 2. The Bertz CT molecular complexity index is 1320. The molecule has 0 unspecified atom stereocenters. The molecule has 1 saturated heterocycles. The van der Waals surface area contributed by atoms with Gasteiger partial charge < -0.3 is 14.5 Å². The number of aromatic amines is 1. The molecule has 0 spiro atoms. The Morgan fingerprint density at radius 1 is 1.06 bits per heavy atom. The number of hydrogen-bond donors (Lipinski definition) is 1. The van der Waals surface area contributed by atoms with Gasteiger partial charge in [-0.25, -0.2) is 4.98 Å². The molecule has 5 rings (SSSR count). The number of H-pyrrole nitrogens is 1. The molecule has 4 aromatic rings. The van der Waals surface area contributed by atoms with Gasteiger partial charge in [-0.05, 0) is 42.3 Å². The van der Waals surface area contributed by atoms with Crippen LogP contribution in [0.25, 0.3) is 21.3 Å². The third-order valence-electron chi connectivity index (χ3n) is 5.91. The van der Waals surface area contributed by atoms with E-state index in [4.69, 9.17) is 21.3 Å². The van der Waals surface area contributed by atoms with Gasteiger partial charge in [-0.15, -0.1) is 11.3 Å². The van der Waals surface area contributed by atoms with Crippen LogP contribution in [0.5, 0.6) is 5.75 Å². The summed E-state index contributed by atoms with van der Waals surface area (Å²) in [4.78, 5) is 25.1. The highest BCUT2D eigenvalue weighted by atomic mass is 35.5. The summed E-state index contributed by atoms with van der Waals surface area (Å²) < 4.78 is 5.91. The summed E-state index contributed by atoms with van der Waals surface area (Å²) in [5.41, 5.74) is 5.00. The average molecular weight is 467 g/mol. The number of aryl methyl sites for hydroxylation is 1. The van der Waals surface area contributed by atoms with Crippen molar-refractivity contribution < 1.29 is 4.74 Å². The maximum Gasteiger partial charge on any atom is 0.270 e. The Morgan fingerprint density at radius 2 is 1.78 bits per heavy atom. The number of hydrogen-bond acceptors (Lipinski definition) is 6. The first-order chi connectivity index (χ1) is 15.5. The molecule has 3 heterocycles. The molecule has 8 heteroatoms. The summed E-state index contributed by atoms with van der Waals surface area (Å²) in [5, 5.41) is 2.74. The van der Waals surface area contributed by atoms with Gasteiger partial charge in [0.2, 0.25) is 5.95 Å². The van der Waals surface area contributed by atoms with Gasteiger partial charge in [0.1, 0.15) is 10.4 Å². The van der Waals surface area contributed by atoms with E-state index in [1.165, 1.54) is 16.9 Å². The second-order valence-corrected chi connectivity index (χ2v) is 9.17. The van der Waals surface area contributed by atoms with E-state index < -0.39 is 0 Å². The van der Waals surface area contributed by atoms with Gasteiger partial charge in [-0.3, -0.25) is 9.78 Å². The summed E-state index contributed by atoms with van der Waals surface area (Å²) in [5.74, 6) is 1.42. The number of methoxy groups -OCH3 is 1. The van der Waals surface area contributed by atoms with Crippen molar-refractivity contribution in [3.05, 3.63) is 68.8 Å². The van der Waals surface area contributed by atoms with E-state index in [0.29, 0.717) is 10.6 Å². The molecule has 0 saturated carbocycles. The first kappa shape index (κ1) is 20.8. The largest absolute Gasteiger partial charge is 0.497 e. The second-order valence-electron chi connectivity index (χ2n) is 7.85. The van der Waals surface area contributed by atoms with E-state index in [1.54, 1.807) is 7.11 Å². The lowest BCUT2D eigenvalue weighted by molar-refractivity contribution is 0.415. The summed E-state index contributed by atoms with van der Waals surface area (Å²) in [6.45, 7) is 5.29. The number of ether oxygens (including phenoxy) is 1. The first-order valence-electron chi connectivity index (χ1n) is 10.5. The van der Waals surface area contributed by atoms with Crippen molar-refractivity contribution in [2.45, 2.75) is 6.92 Å². The van der Waals surface area contributed by atoms with E-state index in [1.807, 2.05) is 47.8 Å². The predicted molar refractivity (Wildman–Crippen MR) is 133 cm³/mol. The molecule has 164 valence electrons. The number of rotatable bonds is 4. The lowest BCUT2D eigenvalue weighted by Gasteiger charge is -2.37. The molecule has 0 atom stereocenters. The molecule has 1 N–H and O–H groups in total. The van der Waals surface area contributed by atoms with Crippen LogP contribution in [0.1, 0.15) is 5.56 Å². The van der Waals surface area contributed by atoms with Crippen LogP contribution in [0, 0.1) is 6.92 Å². The molecule has 1 aliphatic rings. The molecular weight excluding hydrogens is 444 g/mol. The molecule has 32 heavy (non-hydrogen) atoms. The summed E-state index contributed by atoms with van der Waals surface area (Å²) in [7, 11) is 1.65. The summed E-state index contributed by atoms with van der Waals surface area (Å²) in [6.07, 6.45) is 0. The van der Waals surface area contributed by atoms with E-state index >= 15 is 0 Å². The lowest BCUT2D eigenvalue weighted by Crippen LogP contribution is -2.47. The number of piperazine rings is 1. The number of thiophene rings is 1. The van der Waals surface area contributed by atoms with Crippen LogP contribution < -0.4 is 20.1 Å². The summed E-state index contributed by atoms with van der Waals surface area (Å²) in [6, 6.07) is 13.8. The number of anilines is 2. The van der Waals surface area contributed by atoms with Crippen molar-refractivity contribution >= 4 is 44.8 Å². The standard InChI is InChI=1S/C24H23ClN4O2S/c1-15-3-6-17(25)13-20(15)28-9-11-29(12-10-28)24-26-21-19(14-32-22(21)23(30)27-24)16-4-7-18(31-2)8-5-16/h3-8,13-14H,9-12H2,1-2H3,(H,26,27,30). The summed E-state index contributed by atoms with van der Waals surface area (Å²) >= 11 is 7.64. The van der Waals surface area contributed by atoms with Crippen LogP contribution in [-0.4, -0.2) is 43.3 Å². The number of nitrogens with zero attached hydrogens (tertiary/aromatic N) is 3. The van der Waals surface area contributed by atoms with Crippen LogP contribution >= 0.6 is 22.9 Å². The fraction of sp³-hybridized carbons (Fsp3) is 0.250. The van der Waals surface area contributed by atoms with Crippen molar-refractivity contribution in [1.29, 1.82) is 0 Å². The molecule has 0 radical (unpaired) electrons. The molecule has 0 bridgehead atoms. The normalized spacial score (nSPS) is 14.2. The molecule has 0 amide bonds. The fourth-order valence-corrected chi connectivity index (χ4v) is 5.20. The lowest BCUT2D eigenvalue weighted by atomic mass is 10.1. The minimum atomic E-state index is -0.0946. The minimum absolute atomic E-state index is 0.0946. The third kappa shape index (κ3) is 3.82. The van der Waals surface area contributed by atoms with Crippen LogP contribution in [0.15, 0.2) is 52.6 Å². The highest BCUT2D eigenvalue weighted by Gasteiger charge is 2.22. The van der Waals surface area contributed by atoms with Gasteiger partial charge in [-0.1, -0.05) is 29.8 Å². The molecular formula is C24H23ClN4O2S. The van der Waals surface area contributed by atoms with Gasteiger partial charge >= 0.3 is 0 Å². The van der Waals surface area contributed by atoms with E-state index in [9.17, 15) is 4.79 Å². The van der Waals surface area contributed by atoms with Crippen LogP contribution in [0.4, 0.5) is 11.6 Å². The molecule has 1 fully saturated rings.